The molecule has 0 amide bonds. The second-order valence-corrected chi connectivity index (χ2v) is 3.86. The number of allylic oxidation sites excluding steroid dienone is 4. The molecule has 0 bridgehead atoms. The minimum absolute atomic E-state index is 1.03. The molecule has 1 rings (SSSR count). The van der Waals surface area contributed by atoms with Gasteiger partial charge in [0, 0.05) is 0 Å². The second-order valence-electron chi connectivity index (χ2n) is 3.86. The summed E-state index contributed by atoms with van der Waals surface area (Å²) in [4.78, 5) is 0. The third-order valence-corrected chi connectivity index (χ3v) is 2.73. The van der Waals surface area contributed by atoms with E-state index in [0.29, 0.717) is 0 Å². The standard InChI is InChI=1S/C15H18/c1-6-7-8-11(2)15-9-12(3)14(5)13(4)10-15/h6-10H,1-2H2,3-5H3. The predicted octanol–water partition coefficient (Wildman–Crippen LogP) is 4.37. The van der Waals surface area contributed by atoms with Gasteiger partial charge < -0.3 is 0 Å². The summed E-state index contributed by atoms with van der Waals surface area (Å²) in [5.41, 5.74) is 6.21. The van der Waals surface area contributed by atoms with Crippen LogP contribution in [0.5, 0.6) is 0 Å². The van der Waals surface area contributed by atoms with Crippen molar-refractivity contribution in [1.82, 2.24) is 0 Å². The fourth-order valence-corrected chi connectivity index (χ4v) is 1.50. The highest BCUT2D eigenvalue weighted by Gasteiger charge is 2.01. The van der Waals surface area contributed by atoms with E-state index in [2.05, 4.69) is 46.1 Å². The Kier molecular flexibility index (Phi) is 3.68. The number of rotatable bonds is 3. The summed E-state index contributed by atoms with van der Waals surface area (Å²) in [6, 6.07) is 4.36. The van der Waals surface area contributed by atoms with Gasteiger partial charge in [-0.15, -0.1) is 0 Å². The van der Waals surface area contributed by atoms with Crippen molar-refractivity contribution < 1.29 is 0 Å². The normalized spacial score (nSPS) is 10.6. The molecule has 0 nitrogen and oxygen atoms in total. The summed E-state index contributed by atoms with van der Waals surface area (Å²) in [7, 11) is 0. The smallest absolute Gasteiger partial charge is 0.0185 e. The SMILES string of the molecule is C=CC=CC(=C)c1cc(C)c(C)c(C)c1. The van der Waals surface area contributed by atoms with Crippen molar-refractivity contribution in [3.63, 3.8) is 0 Å². The molecule has 0 fully saturated rings. The van der Waals surface area contributed by atoms with Crippen LogP contribution in [0, 0.1) is 20.8 Å². The van der Waals surface area contributed by atoms with Gasteiger partial charge in [-0.1, -0.05) is 43.5 Å². The molecule has 0 aliphatic rings. The maximum absolute atomic E-state index is 4.04. The number of benzene rings is 1. The van der Waals surface area contributed by atoms with Gasteiger partial charge in [-0.05, 0) is 48.6 Å². The van der Waals surface area contributed by atoms with Gasteiger partial charge in [0.05, 0.1) is 0 Å². The number of aryl methyl sites for hydroxylation is 2. The van der Waals surface area contributed by atoms with Crippen LogP contribution in [0.25, 0.3) is 5.57 Å². The molecule has 0 saturated carbocycles. The summed E-state index contributed by atoms with van der Waals surface area (Å²) in [5.74, 6) is 0. The molecule has 0 unspecified atom stereocenters. The fourth-order valence-electron chi connectivity index (χ4n) is 1.50. The lowest BCUT2D eigenvalue weighted by Gasteiger charge is -2.08. The lowest BCUT2D eigenvalue weighted by molar-refractivity contribution is 1.26. The van der Waals surface area contributed by atoms with Gasteiger partial charge in [0.2, 0.25) is 0 Å². The molecule has 1 aromatic carbocycles. The highest BCUT2D eigenvalue weighted by molar-refractivity contribution is 5.73. The Hall–Kier alpha value is -1.56. The first kappa shape index (κ1) is 11.5. The summed E-state index contributed by atoms with van der Waals surface area (Å²) < 4.78 is 0. The highest BCUT2D eigenvalue weighted by atomic mass is 14.1. The molecule has 0 aromatic heterocycles. The van der Waals surface area contributed by atoms with Crippen LogP contribution in [-0.4, -0.2) is 0 Å². The molecular formula is C15H18. The van der Waals surface area contributed by atoms with E-state index in [9.17, 15) is 0 Å². The van der Waals surface area contributed by atoms with Crippen LogP contribution in [0.4, 0.5) is 0 Å². The van der Waals surface area contributed by atoms with Gasteiger partial charge in [0.15, 0.2) is 0 Å². The molecule has 0 radical (unpaired) electrons. The van der Waals surface area contributed by atoms with Crippen molar-refractivity contribution >= 4 is 5.57 Å². The summed E-state index contributed by atoms with van der Waals surface area (Å²) in [6.07, 6.45) is 5.66. The first-order valence-electron chi connectivity index (χ1n) is 5.12. The Morgan fingerprint density at radius 1 is 1.13 bits per heavy atom. The van der Waals surface area contributed by atoms with Crippen molar-refractivity contribution in [3.05, 3.63) is 65.8 Å². The van der Waals surface area contributed by atoms with Crippen LogP contribution >= 0.6 is 0 Å². The summed E-state index contributed by atoms with van der Waals surface area (Å²) in [6.45, 7) is 14.1. The van der Waals surface area contributed by atoms with Gasteiger partial charge in [0.1, 0.15) is 0 Å². The van der Waals surface area contributed by atoms with E-state index in [1.165, 1.54) is 22.3 Å². The lowest BCUT2D eigenvalue weighted by Crippen LogP contribution is -1.90. The first-order valence-corrected chi connectivity index (χ1v) is 5.12. The Morgan fingerprint density at radius 2 is 1.67 bits per heavy atom. The van der Waals surface area contributed by atoms with Gasteiger partial charge in [-0.3, -0.25) is 0 Å². The van der Waals surface area contributed by atoms with Gasteiger partial charge >= 0.3 is 0 Å². The van der Waals surface area contributed by atoms with E-state index in [1.807, 2.05) is 12.2 Å². The topological polar surface area (TPSA) is 0 Å². The van der Waals surface area contributed by atoms with Gasteiger partial charge in [-0.25, -0.2) is 0 Å². The van der Waals surface area contributed by atoms with Crippen molar-refractivity contribution in [2.75, 3.05) is 0 Å². The third-order valence-electron chi connectivity index (χ3n) is 2.73. The Labute approximate surface area is 92.6 Å². The molecule has 15 heavy (non-hydrogen) atoms. The zero-order valence-corrected chi connectivity index (χ0v) is 9.80. The van der Waals surface area contributed by atoms with Crippen LogP contribution in [0.15, 0.2) is 43.5 Å². The average molecular weight is 198 g/mol. The zero-order valence-electron chi connectivity index (χ0n) is 9.80. The minimum atomic E-state index is 1.03. The molecule has 0 aliphatic carbocycles. The van der Waals surface area contributed by atoms with E-state index in [0.717, 1.165) is 5.57 Å². The number of hydrogen-bond donors (Lipinski definition) is 0. The van der Waals surface area contributed by atoms with E-state index >= 15 is 0 Å². The van der Waals surface area contributed by atoms with E-state index in [-0.39, 0.29) is 0 Å². The van der Waals surface area contributed by atoms with Gasteiger partial charge in [-0.2, -0.15) is 0 Å². The maximum Gasteiger partial charge on any atom is -0.0185 e. The molecule has 0 saturated heterocycles. The molecule has 1 aromatic rings. The Balaban J connectivity index is 3.11. The van der Waals surface area contributed by atoms with Crippen molar-refractivity contribution in [2.45, 2.75) is 20.8 Å². The molecule has 0 heterocycles. The molecule has 0 atom stereocenters. The van der Waals surface area contributed by atoms with Crippen LogP contribution in [0.1, 0.15) is 22.3 Å². The van der Waals surface area contributed by atoms with E-state index in [1.54, 1.807) is 6.08 Å². The van der Waals surface area contributed by atoms with Gasteiger partial charge in [0.25, 0.3) is 0 Å². The molecular weight excluding hydrogens is 180 g/mol. The van der Waals surface area contributed by atoms with Crippen molar-refractivity contribution in [3.8, 4) is 0 Å². The molecule has 0 aliphatic heterocycles. The molecule has 78 valence electrons. The highest BCUT2D eigenvalue weighted by Crippen LogP contribution is 2.21. The first-order chi connectivity index (χ1) is 7.06. The van der Waals surface area contributed by atoms with Crippen molar-refractivity contribution in [1.29, 1.82) is 0 Å². The third kappa shape index (κ3) is 2.69. The quantitative estimate of drug-likeness (QED) is 0.633. The van der Waals surface area contributed by atoms with Crippen molar-refractivity contribution in [2.24, 2.45) is 0 Å². The largest absolute Gasteiger partial charge is 0.0991 e. The summed E-state index contributed by atoms with van der Waals surface area (Å²) in [5, 5.41) is 0. The lowest BCUT2D eigenvalue weighted by atomic mass is 9.97. The summed E-state index contributed by atoms with van der Waals surface area (Å²) >= 11 is 0. The predicted molar refractivity (Wildman–Crippen MR) is 69.0 cm³/mol. The van der Waals surface area contributed by atoms with Crippen LogP contribution < -0.4 is 0 Å². The molecule has 0 heteroatoms. The minimum Gasteiger partial charge on any atom is -0.0991 e. The zero-order chi connectivity index (χ0) is 11.4. The van der Waals surface area contributed by atoms with E-state index < -0.39 is 0 Å². The molecule has 0 spiro atoms. The maximum atomic E-state index is 4.04. The van der Waals surface area contributed by atoms with E-state index in [4.69, 9.17) is 0 Å². The Morgan fingerprint density at radius 3 is 2.13 bits per heavy atom. The monoisotopic (exact) mass is 198 g/mol. The van der Waals surface area contributed by atoms with Crippen LogP contribution in [-0.2, 0) is 0 Å². The van der Waals surface area contributed by atoms with Crippen LogP contribution in [0.2, 0.25) is 0 Å². The average Bonchev–Trinajstić information content (AvgIpc) is 2.21. The number of hydrogen-bond acceptors (Lipinski definition) is 0. The van der Waals surface area contributed by atoms with Crippen LogP contribution in [0.3, 0.4) is 0 Å². The Bertz CT molecular complexity index is 397. The molecule has 0 N–H and O–H groups in total. The fraction of sp³-hybridized carbons (Fsp3) is 0.200. The second kappa shape index (κ2) is 4.79.